The molecule has 0 N–H and O–H groups in total. The molecule has 14 heavy (non-hydrogen) atoms. The smallest absolute Gasteiger partial charge is 0.313 e. The zero-order chi connectivity index (χ0) is 11.1. The Labute approximate surface area is 86.1 Å². The fraction of sp³-hybridized carbons (Fsp3) is 0.727. The third-order valence-corrected chi connectivity index (χ3v) is 1.68. The van der Waals surface area contributed by atoms with Gasteiger partial charge in [0.05, 0.1) is 17.8 Å². The van der Waals surface area contributed by atoms with Gasteiger partial charge in [-0.3, -0.25) is 4.79 Å². The third kappa shape index (κ3) is 6.66. The Kier molecular flexibility index (Phi) is 6.21. The highest BCUT2D eigenvalue weighted by atomic mass is 16.5. The number of rotatable bonds is 6. The average Bonchev–Trinajstić information content (AvgIpc) is 2.01. The largest absolute Gasteiger partial charge is 0.432 e. The first-order valence-corrected chi connectivity index (χ1v) is 4.92. The lowest BCUT2D eigenvalue weighted by Crippen LogP contribution is -2.17. The van der Waals surface area contributed by atoms with E-state index in [2.05, 4.69) is 6.58 Å². The van der Waals surface area contributed by atoms with E-state index in [1.807, 2.05) is 20.8 Å². The van der Waals surface area contributed by atoms with E-state index in [1.165, 1.54) is 0 Å². The molecule has 82 valence electrons. The van der Waals surface area contributed by atoms with Gasteiger partial charge in [0.1, 0.15) is 0 Å². The predicted octanol–water partition coefficient (Wildman–Crippen LogP) is 2.51. The van der Waals surface area contributed by atoms with E-state index in [9.17, 15) is 4.79 Å². The molecule has 0 aromatic carbocycles. The maximum atomic E-state index is 11.3. The van der Waals surface area contributed by atoms with E-state index in [-0.39, 0.29) is 18.0 Å². The van der Waals surface area contributed by atoms with Crippen molar-refractivity contribution in [1.29, 1.82) is 0 Å². The number of allylic oxidation sites excluding steroid dienone is 1. The topological polar surface area (TPSA) is 35.5 Å². The zero-order valence-electron chi connectivity index (χ0n) is 9.50. The summed E-state index contributed by atoms with van der Waals surface area (Å²) >= 11 is 0. The molecule has 0 aromatic heterocycles. The van der Waals surface area contributed by atoms with Gasteiger partial charge in [0.15, 0.2) is 0 Å². The molecule has 0 saturated heterocycles. The summed E-state index contributed by atoms with van der Waals surface area (Å²) in [6.45, 7) is 11.5. The van der Waals surface area contributed by atoms with Crippen molar-refractivity contribution in [3.05, 3.63) is 12.3 Å². The summed E-state index contributed by atoms with van der Waals surface area (Å²) in [5, 5.41) is 0. The maximum Gasteiger partial charge on any atom is 0.313 e. The first-order chi connectivity index (χ1) is 6.43. The van der Waals surface area contributed by atoms with Crippen molar-refractivity contribution in [3.8, 4) is 0 Å². The van der Waals surface area contributed by atoms with Crippen molar-refractivity contribution in [3.63, 3.8) is 0 Å². The van der Waals surface area contributed by atoms with Crippen LogP contribution in [0.1, 0.15) is 34.1 Å². The van der Waals surface area contributed by atoms with Crippen LogP contribution in [0.25, 0.3) is 0 Å². The van der Waals surface area contributed by atoms with Gasteiger partial charge in [0.2, 0.25) is 0 Å². The molecule has 0 aliphatic carbocycles. The van der Waals surface area contributed by atoms with Gasteiger partial charge < -0.3 is 9.47 Å². The molecular formula is C11H20O3. The van der Waals surface area contributed by atoms with Crippen LogP contribution in [0.4, 0.5) is 0 Å². The van der Waals surface area contributed by atoms with Gasteiger partial charge in [-0.05, 0) is 27.2 Å². The summed E-state index contributed by atoms with van der Waals surface area (Å²) in [6, 6.07) is 0. The second-order valence-electron chi connectivity index (χ2n) is 3.73. The number of carbonyl (C=O) groups excluding carboxylic acids is 1. The first-order valence-electron chi connectivity index (χ1n) is 4.92. The Morgan fingerprint density at radius 2 is 1.93 bits per heavy atom. The fourth-order valence-corrected chi connectivity index (χ4v) is 0.871. The number of ether oxygens (including phenoxy) is 2. The highest BCUT2D eigenvalue weighted by molar-refractivity contribution is 5.72. The molecule has 0 aliphatic rings. The number of esters is 1. The summed E-state index contributed by atoms with van der Waals surface area (Å²) in [6.07, 6.45) is 0.893. The Bertz CT molecular complexity index is 197. The van der Waals surface area contributed by atoms with Crippen LogP contribution in [-0.4, -0.2) is 18.7 Å². The van der Waals surface area contributed by atoms with Gasteiger partial charge in [-0.25, -0.2) is 0 Å². The normalized spacial score (nSPS) is 12.6. The minimum absolute atomic E-state index is 0.134. The van der Waals surface area contributed by atoms with Crippen LogP contribution in [0.2, 0.25) is 0 Å². The highest BCUT2D eigenvalue weighted by Gasteiger charge is 2.14. The van der Waals surface area contributed by atoms with Crippen LogP contribution in [0.5, 0.6) is 0 Å². The van der Waals surface area contributed by atoms with Gasteiger partial charge in [0.25, 0.3) is 0 Å². The molecule has 3 heteroatoms. The zero-order valence-corrected chi connectivity index (χ0v) is 9.50. The summed E-state index contributed by atoms with van der Waals surface area (Å²) in [5.74, 6) is 0.0712. The lowest BCUT2D eigenvalue weighted by Gasteiger charge is -2.12. The molecule has 0 heterocycles. The van der Waals surface area contributed by atoms with Crippen molar-refractivity contribution < 1.29 is 14.3 Å². The Morgan fingerprint density at radius 3 is 2.36 bits per heavy atom. The van der Waals surface area contributed by atoms with E-state index >= 15 is 0 Å². The van der Waals surface area contributed by atoms with Crippen LogP contribution in [0.3, 0.4) is 0 Å². The standard InChI is InChI=1S/C11H20O3/c1-8(2)13-7-6-10(5)11(12)14-9(3)4/h8,10H,3,6-7H2,1-2,4-5H3. The van der Waals surface area contributed by atoms with Crippen LogP contribution < -0.4 is 0 Å². The van der Waals surface area contributed by atoms with Crippen LogP contribution in [0, 0.1) is 5.92 Å². The summed E-state index contributed by atoms with van der Waals surface area (Å²) in [4.78, 5) is 11.3. The minimum Gasteiger partial charge on any atom is -0.432 e. The van der Waals surface area contributed by atoms with E-state index in [1.54, 1.807) is 6.92 Å². The van der Waals surface area contributed by atoms with Crippen molar-refractivity contribution in [2.75, 3.05) is 6.61 Å². The molecule has 1 atom stereocenters. The maximum absolute atomic E-state index is 11.3. The van der Waals surface area contributed by atoms with Crippen LogP contribution >= 0.6 is 0 Å². The molecule has 0 saturated carbocycles. The van der Waals surface area contributed by atoms with E-state index in [4.69, 9.17) is 9.47 Å². The molecule has 0 aliphatic heterocycles. The Balaban J connectivity index is 3.67. The molecule has 0 rings (SSSR count). The van der Waals surface area contributed by atoms with Crippen molar-refractivity contribution in [2.24, 2.45) is 5.92 Å². The van der Waals surface area contributed by atoms with Gasteiger partial charge in [0, 0.05) is 6.61 Å². The summed E-state index contributed by atoms with van der Waals surface area (Å²) in [7, 11) is 0. The molecule has 1 unspecified atom stereocenters. The van der Waals surface area contributed by atoms with Gasteiger partial charge in [-0.2, -0.15) is 0 Å². The van der Waals surface area contributed by atoms with Crippen LogP contribution in [0.15, 0.2) is 12.3 Å². The molecule has 0 amide bonds. The van der Waals surface area contributed by atoms with Gasteiger partial charge in [-0.1, -0.05) is 13.5 Å². The van der Waals surface area contributed by atoms with Crippen molar-refractivity contribution in [1.82, 2.24) is 0 Å². The highest BCUT2D eigenvalue weighted by Crippen LogP contribution is 2.08. The molecule has 0 fully saturated rings. The van der Waals surface area contributed by atoms with E-state index < -0.39 is 0 Å². The molecule has 0 spiro atoms. The average molecular weight is 200 g/mol. The quantitative estimate of drug-likeness (QED) is 0.488. The van der Waals surface area contributed by atoms with Gasteiger partial charge >= 0.3 is 5.97 Å². The lowest BCUT2D eigenvalue weighted by molar-refractivity contribution is -0.144. The summed E-state index contributed by atoms with van der Waals surface area (Å²) in [5.41, 5.74) is 0. The molecule has 0 bridgehead atoms. The summed E-state index contributed by atoms with van der Waals surface area (Å²) < 4.78 is 10.2. The molecule has 0 aromatic rings. The van der Waals surface area contributed by atoms with Gasteiger partial charge in [-0.15, -0.1) is 0 Å². The molecule has 3 nitrogen and oxygen atoms in total. The number of carbonyl (C=O) groups is 1. The molecule has 0 radical (unpaired) electrons. The van der Waals surface area contributed by atoms with Crippen LogP contribution in [-0.2, 0) is 14.3 Å². The first kappa shape index (κ1) is 13.2. The second kappa shape index (κ2) is 6.60. The SMILES string of the molecule is C=C(C)OC(=O)C(C)CCOC(C)C. The third-order valence-electron chi connectivity index (χ3n) is 1.68. The monoisotopic (exact) mass is 200 g/mol. The van der Waals surface area contributed by atoms with Crippen molar-refractivity contribution in [2.45, 2.75) is 40.2 Å². The van der Waals surface area contributed by atoms with E-state index in [0.717, 1.165) is 0 Å². The Morgan fingerprint density at radius 1 is 1.36 bits per heavy atom. The molecular weight excluding hydrogens is 180 g/mol. The second-order valence-corrected chi connectivity index (χ2v) is 3.73. The lowest BCUT2D eigenvalue weighted by atomic mass is 10.1. The fourth-order valence-electron chi connectivity index (χ4n) is 0.871. The van der Waals surface area contributed by atoms with E-state index in [0.29, 0.717) is 18.8 Å². The number of hydrogen-bond acceptors (Lipinski definition) is 3. The Hall–Kier alpha value is -0.830. The number of hydrogen-bond donors (Lipinski definition) is 0. The minimum atomic E-state index is -0.232. The van der Waals surface area contributed by atoms with Crippen molar-refractivity contribution >= 4 is 5.97 Å². The predicted molar refractivity (Wildman–Crippen MR) is 55.8 cm³/mol.